The molecule has 1 heterocycles. The number of aryl methyl sites for hydroxylation is 2. The Balaban J connectivity index is 1.72. The highest BCUT2D eigenvalue weighted by Crippen LogP contribution is 2.30. The maximum atomic E-state index is 12.1. The average Bonchev–Trinajstić information content (AvgIpc) is 2.95. The first-order chi connectivity index (χ1) is 11.6. The number of carbonyl (C=O) groups is 1. The van der Waals surface area contributed by atoms with Crippen LogP contribution in [0.4, 0.5) is 5.13 Å². The van der Waals surface area contributed by atoms with Crippen LogP contribution in [0, 0.1) is 13.8 Å². The lowest BCUT2D eigenvalue weighted by atomic mass is 10.1. The SMILES string of the molecule is Cc1ccc(-c2nc(NC(=O)C=Cc3ccccc3)sc2C)cc1. The van der Waals surface area contributed by atoms with E-state index < -0.39 is 0 Å². The van der Waals surface area contributed by atoms with E-state index in [1.54, 1.807) is 6.08 Å². The summed E-state index contributed by atoms with van der Waals surface area (Å²) in [5.74, 6) is -0.178. The Morgan fingerprint density at radius 2 is 1.75 bits per heavy atom. The summed E-state index contributed by atoms with van der Waals surface area (Å²) < 4.78 is 0. The van der Waals surface area contributed by atoms with E-state index in [4.69, 9.17) is 0 Å². The highest BCUT2D eigenvalue weighted by atomic mass is 32.1. The van der Waals surface area contributed by atoms with E-state index in [2.05, 4.69) is 41.5 Å². The van der Waals surface area contributed by atoms with Gasteiger partial charge >= 0.3 is 0 Å². The second-order valence-electron chi connectivity index (χ2n) is 5.52. The van der Waals surface area contributed by atoms with Gasteiger partial charge in [0.1, 0.15) is 0 Å². The molecule has 0 unspecified atom stereocenters. The average molecular weight is 334 g/mol. The maximum absolute atomic E-state index is 12.1. The van der Waals surface area contributed by atoms with Crippen LogP contribution in [0.25, 0.3) is 17.3 Å². The summed E-state index contributed by atoms with van der Waals surface area (Å²) >= 11 is 1.49. The van der Waals surface area contributed by atoms with Crippen LogP contribution in [0.3, 0.4) is 0 Å². The van der Waals surface area contributed by atoms with Crippen molar-refractivity contribution in [2.45, 2.75) is 13.8 Å². The Labute approximate surface area is 145 Å². The third kappa shape index (κ3) is 3.97. The summed E-state index contributed by atoms with van der Waals surface area (Å²) in [5, 5.41) is 3.45. The minimum absolute atomic E-state index is 0.178. The number of nitrogens with zero attached hydrogens (tertiary/aromatic N) is 1. The fourth-order valence-corrected chi connectivity index (χ4v) is 3.15. The van der Waals surface area contributed by atoms with Crippen molar-refractivity contribution in [1.29, 1.82) is 0 Å². The molecule has 0 fully saturated rings. The van der Waals surface area contributed by atoms with E-state index in [1.807, 2.05) is 37.3 Å². The number of nitrogens with one attached hydrogen (secondary N) is 1. The summed E-state index contributed by atoms with van der Waals surface area (Å²) in [6, 6.07) is 18.0. The van der Waals surface area contributed by atoms with Gasteiger partial charge in [0.05, 0.1) is 5.69 Å². The van der Waals surface area contributed by atoms with Crippen molar-refractivity contribution >= 4 is 28.5 Å². The minimum atomic E-state index is -0.178. The van der Waals surface area contributed by atoms with Gasteiger partial charge in [0.2, 0.25) is 5.91 Å². The quantitative estimate of drug-likeness (QED) is 0.676. The van der Waals surface area contributed by atoms with Crippen molar-refractivity contribution in [2.75, 3.05) is 5.32 Å². The van der Waals surface area contributed by atoms with Crippen LogP contribution in [0.5, 0.6) is 0 Å². The van der Waals surface area contributed by atoms with Gasteiger partial charge in [0.25, 0.3) is 0 Å². The van der Waals surface area contributed by atoms with Gasteiger partial charge in [-0.2, -0.15) is 0 Å². The first-order valence-electron chi connectivity index (χ1n) is 7.70. The highest BCUT2D eigenvalue weighted by molar-refractivity contribution is 7.16. The number of aromatic nitrogens is 1. The minimum Gasteiger partial charge on any atom is -0.298 e. The van der Waals surface area contributed by atoms with Gasteiger partial charge in [-0.1, -0.05) is 60.2 Å². The van der Waals surface area contributed by atoms with Crippen LogP contribution in [-0.4, -0.2) is 10.9 Å². The van der Waals surface area contributed by atoms with E-state index >= 15 is 0 Å². The number of carbonyl (C=O) groups excluding carboxylic acids is 1. The highest BCUT2D eigenvalue weighted by Gasteiger charge is 2.11. The molecule has 1 aromatic heterocycles. The van der Waals surface area contributed by atoms with Gasteiger partial charge in [-0.25, -0.2) is 4.98 Å². The lowest BCUT2D eigenvalue weighted by Crippen LogP contribution is -2.07. The van der Waals surface area contributed by atoms with E-state index in [-0.39, 0.29) is 5.91 Å². The molecule has 1 N–H and O–H groups in total. The Morgan fingerprint density at radius 1 is 1.04 bits per heavy atom. The zero-order chi connectivity index (χ0) is 16.9. The number of hydrogen-bond donors (Lipinski definition) is 1. The number of benzene rings is 2. The number of thiazole rings is 1. The van der Waals surface area contributed by atoms with Gasteiger partial charge in [0, 0.05) is 16.5 Å². The molecule has 3 aromatic rings. The van der Waals surface area contributed by atoms with E-state index in [0.29, 0.717) is 5.13 Å². The molecule has 0 aliphatic heterocycles. The lowest BCUT2D eigenvalue weighted by Gasteiger charge is -1.99. The molecule has 24 heavy (non-hydrogen) atoms. The van der Waals surface area contributed by atoms with Gasteiger partial charge in [0.15, 0.2) is 5.13 Å². The third-order valence-corrected chi connectivity index (χ3v) is 4.46. The van der Waals surface area contributed by atoms with Crippen molar-refractivity contribution in [1.82, 2.24) is 4.98 Å². The molecule has 0 atom stereocenters. The van der Waals surface area contributed by atoms with Gasteiger partial charge in [-0.15, -0.1) is 11.3 Å². The molecule has 0 aliphatic carbocycles. The maximum Gasteiger partial charge on any atom is 0.250 e. The van der Waals surface area contributed by atoms with Crippen LogP contribution in [0.1, 0.15) is 16.0 Å². The summed E-state index contributed by atoms with van der Waals surface area (Å²) in [7, 11) is 0. The Hall–Kier alpha value is -2.72. The predicted octanol–water partition coefficient (Wildman–Crippen LogP) is 5.08. The molecule has 4 heteroatoms. The van der Waals surface area contributed by atoms with E-state index in [0.717, 1.165) is 21.7 Å². The molecule has 0 bridgehead atoms. The molecule has 0 saturated heterocycles. The number of hydrogen-bond acceptors (Lipinski definition) is 3. The molecular formula is C20H18N2OS. The Kier molecular flexibility index (Phi) is 4.87. The molecule has 2 aromatic carbocycles. The van der Waals surface area contributed by atoms with Crippen LogP contribution >= 0.6 is 11.3 Å². The molecule has 3 nitrogen and oxygen atoms in total. The smallest absolute Gasteiger partial charge is 0.250 e. The van der Waals surface area contributed by atoms with Gasteiger partial charge < -0.3 is 0 Å². The third-order valence-electron chi connectivity index (χ3n) is 3.58. The first-order valence-corrected chi connectivity index (χ1v) is 8.52. The summed E-state index contributed by atoms with van der Waals surface area (Å²) in [5.41, 5.74) is 4.19. The summed E-state index contributed by atoms with van der Waals surface area (Å²) in [6.07, 6.45) is 3.31. The van der Waals surface area contributed by atoms with Crippen LogP contribution in [0.15, 0.2) is 60.7 Å². The standard InChI is InChI=1S/C20H18N2OS/c1-14-8-11-17(12-9-14)19-15(2)24-20(22-19)21-18(23)13-10-16-6-4-3-5-7-16/h3-13H,1-2H3,(H,21,22,23). The first kappa shape index (κ1) is 16.1. The van der Waals surface area contributed by atoms with Crippen LogP contribution in [-0.2, 0) is 4.79 Å². The second kappa shape index (κ2) is 7.23. The van der Waals surface area contributed by atoms with Gasteiger partial charge in [-0.05, 0) is 25.5 Å². The van der Waals surface area contributed by atoms with Crippen molar-refractivity contribution in [3.05, 3.63) is 76.7 Å². The molecular weight excluding hydrogens is 316 g/mol. The summed E-state index contributed by atoms with van der Waals surface area (Å²) in [6.45, 7) is 4.07. The van der Waals surface area contributed by atoms with E-state index in [1.165, 1.54) is 23.0 Å². The van der Waals surface area contributed by atoms with E-state index in [9.17, 15) is 4.79 Å². The Bertz CT molecular complexity index is 864. The van der Waals surface area contributed by atoms with Crippen molar-refractivity contribution in [3.8, 4) is 11.3 Å². The number of anilines is 1. The van der Waals surface area contributed by atoms with Crippen molar-refractivity contribution < 1.29 is 4.79 Å². The normalized spacial score (nSPS) is 10.9. The van der Waals surface area contributed by atoms with Crippen molar-refractivity contribution in [3.63, 3.8) is 0 Å². The Morgan fingerprint density at radius 3 is 2.46 bits per heavy atom. The molecule has 1 amide bonds. The number of amides is 1. The molecule has 0 spiro atoms. The fraction of sp³-hybridized carbons (Fsp3) is 0.100. The molecule has 0 radical (unpaired) electrons. The number of rotatable bonds is 4. The summed E-state index contributed by atoms with van der Waals surface area (Å²) in [4.78, 5) is 17.7. The van der Waals surface area contributed by atoms with Crippen LogP contribution in [0.2, 0.25) is 0 Å². The largest absolute Gasteiger partial charge is 0.298 e. The second-order valence-corrected chi connectivity index (χ2v) is 6.73. The zero-order valence-corrected chi connectivity index (χ0v) is 14.4. The topological polar surface area (TPSA) is 42.0 Å². The molecule has 0 saturated carbocycles. The van der Waals surface area contributed by atoms with Crippen molar-refractivity contribution in [2.24, 2.45) is 0 Å². The van der Waals surface area contributed by atoms with Gasteiger partial charge in [-0.3, -0.25) is 10.1 Å². The molecule has 120 valence electrons. The fourth-order valence-electron chi connectivity index (χ4n) is 2.31. The molecule has 0 aliphatic rings. The molecule has 3 rings (SSSR count). The van der Waals surface area contributed by atoms with Crippen LogP contribution < -0.4 is 5.32 Å². The monoisotopic (exact) mass is 334 g/mol. The lowest BCUT2D eigenvalue weighted by molar-refractivity contribution is -0.111. The zero-order valence-electron chi connectivity index (χ0n) is 13.6. The predicted molar refractivity (Wildman–Crippen MR) is 101 cm³/mol.